The molecule has 1 aromatic rings. The van der Waals surface area contributed by atoms with Crippen LogP contribution in [0.4, 0.5) is 13.2 Å². The summed E-state index contributed by atoms with van der Waals surface area (Å²) in [5.74, 6) is 0. The van der Waals surface area contributed by atoms with Crippen LogP contribution < -0.4 is 5.32 Å². The molecule has 100 valence electrons. The van der Waals surface area contributed by atoms with Gasteiger partial charge in [0.15, 0.2) is 0 Å². The molecule has 0 saturated carbocycles. The molecule has 0 heterocycles. The van der Waals surface area contributed by atoms with E-state index in [4.69, 9.17) is 0 Å². The molecule has 18 heavy (non-hydrogen) atoms. The smallest absolute Gasteiger partial charge is 0.319 e. The fourth-order valence-corrected chi connectivity index (χ4v) is 1.71. The Labute approximate surface area is 106 Å². The summed E-state index contributed by atoms with van der Waals surface area (Å²) in [4.78, 5) is 0. The van der Waals surface area contributed by atoms with E-state index in [0.29, 0.717) is 12.0 Å². The van der Waals surface area contributed by atoms with Crippen molar-refractivity contribution in [2.24, 2.45) is 0 Å². The molecule has 0 aliphatic carbocycles. The maximum absolute atomic E-state index is 12.5. The average Bonchev–Trinajstić information content (AvgIpc) is 2.28. The predicted octanol–water partition coefficient (Wildman–Crippen LogP) is 3.80. The maximum Gasteiger partial charge on any atom is 0.416 e. The SMILES string of the molecule is CNCCC=C(C)Cc1cccc(C(F)(F)F)c1. The largest absolute Gasteiger partial charge is 0.416 e. The first-order chi connectivity index (χ1) is 8.43. The van der Waals surface area contributed by atoms with Gasteiger partial charge >= 0.3 is 6.18 Å². The number of alkyl halides is 3. The van der Waals surface area contributed by atoms with Crippen LogP contribution in [0.1, 0.15) is 24.5 Å². The number of benzene rings is 1. The van der Waals surface area contributed by atoms with E-state index in [0.717, 1.165) is 24.6 Å². The Morgan fingerprint density at radius 2 is 2.06 bits per heavy atom. The minimum Gasteiger partial charge on any atom is -0.319 e. The number of rotatable bonds is 5. The van der Waals surface area contributed by atoms with E-state index in [1.807, 2.05) is 14.0 Å². The van der Waals surface area contributed by atoms with Crippen molar-refractivity contribution in [3.8, 4) is 0 Å². The van der Waals surface area contributed by atoms with Crippen LogP contribution in [0.3, 0.4) is 0 Å². The molecule has 0 unspecified atom stereocenters. The Kier molecular flexibility index (Phi) is 5.41. The highest BCUT2D eigenvalue weighted by Gasteiger charge is 2.30. The lowest BCUT2D eigenvalue weighted by Crippen LogP contribution is -2.06. The fraction of sp³-hybridized carbons (Fsp3) is 0.429. The van der Waals surface area contributed by atoms with Crippen LogP contribution in [0.25, 0.3) is 0 Å². The topological polar surface area (TPSA) is 12.0 Å². The molecule has 0 atom stereocenters. The van der Waals surface area contributed by atoms with Crippen molar-refractivity contribution in [3.05, 3.63) is 47.0 Å². The van der Waals surface area contributed by atoms with Crippen LogP contribution in [-0.4, -0.2) is 13.6 Å². The van der Waals surface area contributed by atoms with Crippen molar-refractivity contribution in [2.75, 3.05) is 13.6 Å². The van der Waals surface area contributed by atoms with Crippen LogP contribution in [0.5, 0.6) is 0 Å². The van der Waals surface area contributed by atoms with E-state index in [1.54, 1.807) is 6.07 Å². The lowest BCUT2D eigenvalue weighted by Gasteiger charge is -2.09. The highest BCUT2D eigenvalue weighted by Crippen LogP contribution is 2.29. The second-order valence-electron chi connectivity index (χ2n) is 4.32. The van der Waals surface area contributed by atoms with E-state index >= 15 is 0 Å². The Morgan fingerprint density at radius 3 is 2.67 bits per heavy atom. The van der Waals surface area contributed by atoms with E-state index in [1.165, 1.54) is 12.1 Å². The first-order valence-corrected chi connectivity index (χ1v) is 5.90. The second kappa shape index (κ2) is 6.59. The summed E-state index contributed by atoms with van der Waals surface area (Å²) in [6.45, 7) is 2.82. The van der Waals surface area contributed by atoms with Crippen molar-refractivity contribution in [1.82, 2.24) is 5.32 Å². The summed E-state index contributed by atoms with van der Waals surface area (Å²) in [5, 5.41) is 3.02. The fourth-order valence-electron chi connectivity index (χ4n) is 1.71. The minimum absolute atomic E-state index is 0.563. The molecule has 0 aromatic heterocycles. The second-order valence-corrected chi connectivity index (χ2v) is 4.32. The predicted molar refractivity (Wildman–Crippen MR) is 67.4 cm³/mol. The Hall–Kier alpha value is -1.29. The summed E-state index contributed by atoms with van der Waals surface area (Å²) >= 11 is 0. The standard InChI is InChI=1S/C14H18F3N/c1-11(5-4-8-18-2)9-12-6-3-7-13(10-12)14(15,16)17/h3,5-7,10,18H,4,8-9H2,1-2H3. The summed E-state index contributed by atoms with van der Waals surface area (Å²) < 4.78 is 37.6. The van der Waals surface area contributed by atoms with Crippen molar-refractivity contribution >= 4 is 0 Å². The van der Waals surface area contributed by atoms with Gasteiger partial charge in [0.2, 0.25) is 0 Å². The molecule has 0 aliphatic heterocycles. The van der Waals surface area contributed by atoms with Gasteiger partial charge in [-0.1, -0.05) is 29.8 Å². The van der Waals surface area contributed by atoms with Gasteiger partial charge < -0.3 is 5.32 Å². The Bertz CT molecular complexity index is 408. The molecule has 1 N–H and O–H groups in total. The quantitative estimate of drug-likeness (QED) is 0.625. The minimum atomic E-state index is -4.26. The molecule has 1 aromatic carbocycles. The third kappa shape index (κ3) is 4.92. The number of allylic oxidation sites excluding steroid dienone is 1. The zero-order chi connectivity index (χ0) is 13.6. The van der Waals surface area contributed by atoms with E-state index in [2.05, 4.69) is 11.4 Å². The molecule has 0 spiro atoms. The number of hydrogen-bond acceptors (Lipinski definition) is 1. The van der Waals surface area contributed by atoms with Gasteiger partial charge in [0.1, 0.15) is 0 Å². The molecule has 1 rings (SSSR count). The van der Waals surface area contributed by atoms with Crippen LogP contribution in [0, 0.1) is 0 Å². The zero-order valence-electron chi connectivity index (χ0n) is 10.6. The Morgan fingerprint density at radius 1 is 1.33 bits per heavy atom. The van der Waals surface area contributed by atoms with Gasteiger partial charge in [0.05, 0.1) is 5.56 Å². The maximum atomic E-state index is 12.5. The summed E-state index contributed by atoms with van der Waals surface area (Å²) in [7, 11) is 1.87. The van der Waals surface area contributed by atoms with E-state index in [9.17, 15) is 13.2 Å². The van der Waals surface area contributed by atoms with Crippen LogP contribution in [0.2, 0.25) is 0 Å². The highest BCUT2D eigenvalue weighted by molar-refractivity contribution is 5.28. The third-order valence-corrected chi connectivity index (χ3v) is 2.62. The normalized spacial score (nSPS) is 12.8. The molecule has 4 heteroatoms. The summed E-state index contributed by atoms with van der Waals surface area (Å²) in [6, 6.07) is 5.50. The monoisotopic (exact) mass is 257 g/mol. The lowest BCUT2D eigenvalue weighted by molar-refractivity contribution is -0.137. The highest BCUT2D eigenvalue weighted by atomic mass is 19.4. The lowest BCUT2D eigenvalue weighted by atomic mass is 10.0. The van der Waals surface area contributed by atoms with Crippen molar-refractivity contribution < 1.29 is 13.2 Å². The average molecular weight is 257 g/mol. The molecule has 0 saturated heterocycles. The molecule has 0 fully saturated rings. The molecule has 0 bridgehead atoms. The molecule has 0 radical (unpaired) electrons. The zero-order valence-corrected chi connectivity index (χ0v) is 10.6. The van der Waals surface area contributed by atoms with Gasteiger partial charge in [-0.25, -0.2) is 0 Å². The van der Waals surface area contributed by atoms with Crippen LogP contribution >= 0.6 is 0 Å². The van der Waals surface area contributed by atoms with Gasteiger partial charge in [0.25, 0.3) is 0 Å². The first kappa shape index (κ1) is 14.8. The van der Waals surface area contributed by atoms with Gasteiger partial charge in [0, 0.05) is 0 Å². The van der Waals surface area contributed by atoms with E-state index < -0.39 is 11.7 Å². The van der Waals surface area contributed by atoms with E-state index in [-0.39, 0.29) is 0 Å². The first-order valence-electron chi connectivity index (χ1n) is 5.90. The molecule has 1 nitrogen and oxygen atoms in total. The molecule has 0 aliphatic rings. The third-order valence-electron chi connectivity index (χ3n) is 2.62. The number of hydrogen-bond donors (Lipinski definition) is 1. The van der Waals surface area contributed by atoms with Gasteiger partial charge in [-0.05, 0) is 45.0 Å². The number of halogens is 3. The van der Waals surface area contributed by atoms with Crippen molar-refractivity contribution in [3.63, 3.8) is 0 Å². The van der Waals surface area contributed by atoms with Crippen molar-refractivity contribution in [1.29, 1.82) is 0 Å². The van der Waals surface area contributed by atoms with Crippen LogP contribution in [-0.2, 0) is 12.6 Å². The van der Waals surface area contributed by atoms with Gasteiger partial charge in [-0.3, -0.25) is 0 Å². The number of nitrogens with one attached hydrogen (secondary N) is 1. The van der Waals surface area contributed by atoms with Crippen LogP contribution in [0.15, 0.2) is 35.9 Å². The molecule has 0 amide bonds. The summed E-state index contributed by atoms with van der Waals surface area (Å²) in [6.07, 6.45) is -0.758. The molecular weight excluding hydrogens is 239 g/mol. The van der Waals surface area contributed by atoms with Gasteiger partial charge in [-0.15, -0.1) is 0 Å². The van der Waals surface area contributed by atoms with Gasteiger partial charge in [-0.2, -0.15) is 13.2 Å². The van der Waals surface area contributed by atoms with Crippen molar-refractivity contribution in [2.45, 2.75) is 25.9 Å². The Balaban J connectivity index is 2.70. The molecular formula is C14H18F3N. The summed E-state index contributed by atoms with van der Waals surface area (Å²) in [5.41, 5.74) is 1.20.